The number of nitrogens with zero attached hydrogens (tertiary/aromatic N) is 2. The van der Waals surface area contributed by atoms with Crippen molar-refractivity contribution in [2.75, 3.05) is 20.8 Å². The Bertz CT molecular complexity index is 856. The summed E-state index contributed by atoms with van der Waals surface area (Å²) < 4.78 is 12.5. The fraction of sp³-hybridized carbons (Fsp3) is 0.474. The third-order valence-electron chi connectivity index (χ3n) is 4.82. The van der Waals surface area contributed by atoms with Crippen LogP contribution in [0.25, 0.3) is 0 Å². The van der Waals surface area contributed by atoms with Crippen molar-refractivity contribution in [2.24, 2.45) is 0 Å². The molecule has 6 nitrogen and oxygen atoms in total. The van der Waals surface area contributed by atoms with Crippen LogP contribution < -0.4 is 14.3 Å². The molecule has 0 saturated carbocycles. The molecule has 1 aromatic carbocycles. The quantitative estimate of drug-likeness (QED) is 0.778. The first-order chi connectivity index (χ1) is 12.5. The van der Waals surface area contributed by atoms with Crippen LogP contribution in [-0.4, -0.2) is 36.1 Å². The molecule has 0 bridgehead atoms. The highest BCUT2D eigenvalue weighted by Gasteiger charge is 2.22. The van der Waals surface area contributed by atoms with E-state index >= 15 is 0 Å². The number of hydrogen-bond donors (Lipinski definition) is 0. The van der Waals surface area contributed by atoms with E-state index in [2.05, 4.69) is 0 Å². The molecule has 7 heteroatoms. The van der Waals surface area contributed by atoms with Crippen LogP contribution in [0.5, 0.6) is 11.5 Å². The molecule has 0 fully saturated rings. The Hall–Kier alpha value is -2.28. The van der Waals surface area contributed by atoms with Gasteiger partial charge in [0.15, 0.2) is 11.5 Å². The molecule has 0 aliphatic carbocycles. The normalized spacial score (nSPS) is 13.4. The van der Waals surface area contributed by atoms with E-state index in [4.69, 9.17) is 9.47 Å². The summed E-state index contributed by atoms with van der Waals surface area (Å²) in [5.41, 5.74) is 3.26. The molecule has 0 saturated heterocycles. The predicted octanol–water partition coefficient (Wildman–Crippen LogP) is 2.60. The minimum atomic E-state index is 0.0443. The van der Waals surface area contributed by atoms with Gasteiger partial charge in [0.25, 0.3) is 0 Å². The molecule has 1 aromatic heterocycles. The third-order valence-corrected chi connectivity index (χ3v) is 5.70. The molecular formula is C19H24N2O4S. The first-order valence-electron chi connectivity index (χ1n) is 8.70. The van der Waals surface area contributed by atoms with Crippen molar-refractivity contribution >= 4 is 17.2 Å². The van der Waals surface area contributed by atoms with Crippen molar-refractivity contribution < 1.29 is 14.3 Å². The zero-order valence-corrected chi connectivity index (χ0v) is 16.2. The van der Waals surface area contributed by atoms with E-state index in [0.717, 1.165) is 23.4 Å². The Morgan fingerprint density at radius 2 is 1.88 bits per heavy atom. The Kier molecular flexibility index (Phi) is 5.66. The summed E-state index contributed by atoms with van der Waals surface area (Å²) in [6, 6.07) is 3.96. The second-order valence-corrected chi connectivity index (χ2v) is 7.26. The van der Waals surface area contributed by atoms with E-state index < -0.39 is 0 Å². The topological polar surface area (TPSA) is 60.8 Å². The van der Waals surface area contributed by atoms with Gasteiger partial charge in [0.1, 0.15) is 0 Å². The molecule has 0 N–H and O–H groups in total. The van der Waals surface area contributed by atoms with Crippen LogP contribution in [0, 0.1) is 6.92 Å². The summed E-state index contributed by atoms with van der Waals surface area (Å²) in [7, 11) is 3.24. The molecule has 0 unspecified atom stereocenters. The van der Waals surface area contributed by atoms with E-state index in [1.807, 2.05) is 29.3 Å². The lowest BCUT2D eigenvalue weighted by Crippen LogP contribution is -2.36. The minimum absolute atomic E-state index is 0.0443. The number of thiazole rings is 1. The monoisotopic (exact) mass is 376 g/mol. The van der Waals surface area contributed by atoms with E-state index in [1.165, 1.54) is 16.9 Å². The molecule has 1 aliphatic heterocycles. The number of benzene rings is 1. The van der Waals surface area contributed by atoms with Crippen LogP contribution in [-0.2, 0) is 24.3 Å². The molecule has 140 valence electrons. The van der Waals surface area contributed by atoms with Gasteiger partial charge in [-0.05, 0) is 43.0 Å². The number of carbonyl (C=O) groups is 1. The SMILES string of the molecule is COc1cc2c(cc1OC)CN(C(=O)CCCn1c(C)csc1=O)CC2. The first kappa shape index (κ1) is 18.5. The van der Waals surface area contributed by atoms with Crippen molar-refractivity contribution in [1.29, 1.82) is 0 Å². The summed E-state index contributed by atoms with van der Waals surface area (Å²) >= 11 is 1.21. The van der Waals surface area contributed by atoms with E-state index in [1.54, 1.807) is 18.8 Å². The van der Waals surface area contributed by atoms with Gasteiger partial charge < -0.3 is 18.9 Å². The number of aromatic nitrogens is 1. The minimum Gasteiger partial charge on any atom is -0.493 e. The number of methoxy groups -OCH3 is 2. The maximum absolute atomic E-state index is 12.6. The molecule has 0 spiro atoms. The summed E-state index contributed by atoms with van der Waals surface area (Å²) in [6.45, 7) is 3.81. The Morgan fingerprint density at radius 1 is 1.19 bits per heavy atom. The Labute approximate surface area is 157 Å². The lowest BCUT2D eigenvalue weighted by atomic mass is 9.98. The second kappa shape index (κ2) is 7.95. The first-order valence-corrected chi connectivity index (χ1v) is 9.58. The van der Waals surface area contributed by atoms with Gasteiger partial charge in [-0.2, -0.15) is 0 Å². The maximum Gasteiger partial charge on any atom is 0.307 e. The molecule has 1 aliphatic rings. The molecule has 2 aromatic rings. The van der Waals surface area contributed by atoms with E-state index in [9.17, 15) is 9.59 Å². The highest BCUT2D eigenvalue weighted by Crippen LogP contribution is 2.33. The Morgan fingerprint density at radius 3 is 2.50 bits per heavy atom. The fourth-order valence-electron chi connectivity index (χ4n) is 3.32. The Balaban J connectivity index is 1.61. The largest absolute Gasteiger partial charge is 0.493 e. The summed E-state index contributed by atoms with van der Waals surface area (Å²) in [5.74, 6) is 1.54. The molecule has 1 amide bonds. The van der Waals surface area contributed by atoms with Gasteiger partial charge in [0, 0.05) is 37.1 Å². The average molecular weight is 376 g/mol. The molecule has 26 heavy (non-hydrogen) atoms. The van der Waals surface area contributed by atoms with Gasteiger partial charge in [-0.15, -0.1) is 0 Å². The summed E-state index contributed by atoms with van der Waals surface area (Å²) in [6.07, 6.45) is 1.93. The number of rotatable bonds is 6. The second-order valence-electron chi connectivity index (χ2n) is 6.44. The third kappa shape index (κ3) is 3.77. The van der Waals surface area contributed by atoms with Gasteiger partial charge >= 0.3 is 4.87 Å². The molecular weight excluding hydrogens is 352 g/mol. The molecule has 0 radical (unpaired) electrons. The summed E-state index contributed by atoms with van der Waals surface area (Å²) in [4.78, 5) is 26.2. The van der Waals surface area contributed by atoms with Crippen LogP contribution in [0.3, 0.4) is 0 Å². The average Bonchev–Trinajstić information content (AvgIpc) is 2.98. The van der Waals surface area contributed by atoms with Crippen molar-refractivity contribution in [3.05, 3.63) is 44.0 Å². The number of hydrogen-bond acceptors (Lipinski definition) is 5. The van der Waals surface area contributed by atoms with Gasteiger partial charge in [-0.1, -0.05) is 11.3 Å². The summed E-state index contributed by atoms with van der Waals surface area (Å²) in [5, 5.41) is 1.85. The van der Waals surface area contributed by atoms with E-state index in [0.29, 0.717) is 38.2 Å². The fourth-order valence-corrected chi connectivity index (χ4v) is 4.08. The number of aryl methyl sites for hydroxylation is 1. The van der Waals surface area contributed by atoms with Crippen LogP contribution in [0.2, 0.25) is 0 Å². The van der Waals surface area contributed by atoms with Gasteiger partial charge in [-0.25, -0.2) is 0 Å². The molecule has 0 atom stereocenters. The maximum atomic E-state index is 12.6. The zero-order valence-electron chi connectivity index (χ0n) is 15.4. The number of amides is 1. The van der Waals surface area contributed by atoms with Crippen LogP contribution >= 0.6 is 11.3 Å². The highest BCUT2D eigenvalue weighted by atomic mass is 32.1. The number of ether oxygens (including phenoxy) is 2. The zero-order chi connectivity index (χ0) is 18.7. The predicted molar refractivity (Wildman–Crippen MR) is 101 cm³/mol. The smallest absolute Gasteiger partial charge is 0.307 e. The van der Waals surface area contributed by atoms with Crippen molar-refractivity contribution in [3.8, 4) is 11.5 Å². The number of fused-ring (bicyclic) bond motifs is 1. The van der Waals surface area contributed by atoms with Crippen molar-refractivity contribution in [2.45, 2.75) is 39.3 Å². The van der Waals surface area contributed by atoms with Gasteiger partial charge in [0.05, 0.1) is 14.2 Å². The van der Waals surface area contributed by atoms with Crippen LogP contribution in [0.15, 0.2) is 22.3 Å². The lowest BCUT2D eigenvalue weighted by Gasteiger charge is -2.29. The molecule has 2 heterocycles. The van der Waals surface area contributed by atoms with Crippen molar-refractivity contribution in [1.82, 2.24) is 9.47 Å². The van der Waals surface area contributed by atoms with Gasteiger partial charge in [0.2, 0.25) is 5.91 Å². The van der Waals surface area contributed by atoms with E-state index in [-0.39, 0.29) is 10.8 Å². The number of carbonyl (C=O) groups excluding carboxylic acids is 1. The van der Waals surface area contributed by atoms with Crippen molar-refractivity contribution in [3.63, 3.8) is 0 Å². The van der Waals surface area contributed by atoms with Crippen LogP contribution in [0.1, 0.15) is 29.7 Å². The van der Waals surface area contributed by atoms with Gasteiger partial charge in [-0.3, -0.25) is 9.59 Å². The highest BCUT2D eigenvalue weighted by molar-refractivity contribution is 7.07. The molecule has 3 rings (SSSR count). The van der Waals surface area contributed by atoms with Crippen LogP contribution in [0.4, 0.5) is 0 Å². The standard InChI is InChI=1S/C19H24N2O4S/c1-13-12-26-19(23)21(13)7-4-5-18(22)20-8-6-14-9-16(24-2)17(25-3)10-15(14)11-20/h9-10,12H,4-8,11H2,1-3H3. The lowest BCUT2D eigenvalue weighted by molar-refractivity contribution is -0.132.